The number of carbonyl (C=O) groups is 3. The van der Waals surface area contributed by atoms with E-state index in [9.17, 15) is 24.3 Å². The predicted molar refractivity (Wildman–Crippen MR) is 190 cm³/mol. The summed E-state index contributed by atoms with van der Waals surface area (Å²) >= 11 is 0. The van der Waals surface area contributed by atoms with Gasteiger partial charge >= 0.3 is 0 Å². The lowest BCUT2D eigenvalue weighted by Crippen LogP contribution is -2.46. The van der Waals surface area contributed by atoms with Gasteiger partial charge in [0.2, 0.25) is 11.8 Å². The van der Waals surface area contributed by atoms with Crippen molar-refractivity contribution in [3.8, 4) is 0 Å². The summed E-state index contributed by atoms with van der Waals surface area (Å²) in [6.45, 7) is 6.47. The molecule has 0 bridgehead atoms. The van der Waals surface area contributed by atoms with Crippen molar-refractivity contribution in [2.75, 3.05) is 23.4 Å². The number of benzene rings is 3. The summed E-state index contributed by atoms with van der Waals surface area (Å²) in [5.74, 6) is -0.814. The van der Waals surface area contributed by atoms with Crippen molar-refractivity contribution in [1.82, 2.24) is 9.88 Å². The molecule has 3 aliphatic heterocycles. The summed E-state index contributed by atoms with van der Waals surface area (Å²) < 4.78 is 6.82. The average Bonchev–Trinajstić information content (AvgIpc) is 3.84. The van der Waals surface area contributed by atoms with Gasteiger partial charge in [-0.3, -0.25) is 14.4 Å². The van der Waals surface area contributed by atoms with Crippen LogP contribution in [0.1, 0.15) is 42.9 Å². The van der Waals surface area contributed by atoms with Crippen LogP contribution in [0.4, 0.5) is 11.4 Å². The smallest absolute Gasteiger partial charge is 0.264 e. The van der Waals surface area contributed by atoms with Gasteiger partial charge in [0.15, 0.2) is 13.9 Å². The maximum Gasteiger partial charge on any atom is 0.264 e. The number of hydrogen-bond acceptors (Lipinski definition) is 6. The van der Waals surface area contributed by atoms with Crippen LogP contribution < -0.4 is 10.2 Å². The van der Waals surface area contributed by atoms with Gasteiger partial charge in [0, 0.05) is 46.4 Å². The van der Waals surface area contributed by atoms with E-state index >= 15 is 0 Å². The number of aliphatic hydroxyl groups is 1. The van der Waals surface area contributed by atoms with Crippen molar-refractivity contribution in [2.45, 2.75) is 75.5 Å². The summed E-state index contributed by atoms with van der Waals surface area (Å²) in [6.07, 6.45) is 3.12. The third-order valence-electron chi connectivity index (χ3n) is 10.8. The van der Waals surface area contributed by atoms with Gasteiger partial charge < -0.3 is 34.7 Å². The Morgan fingerprint density at radius 1 is 1.06 bits per heavy atom. The van der Waals surface area contributed by atoms with E-state index in [0.717, 1.165) is 46.1 Å². The van der Waals surface area contributed by atoms with Crippen LogP contribution in [0.15, 0.2) is 79.0 Å². The number of fused-ring (bicyclic) bond motifs is 3. The third kappa shape index (κ3) is 5.88. The molecule has 2 saturated heterocycles. The van der Waals surface area contributed by atoms with Gasteiger partial charge in [0.05, 0.1) is 43.8 Å². The maximum atomic E-state index is 14.7. The molecule has 11 heteroatoms. The highest BCUT2D eigenvalue weighted by atomic mass is 28.4. The molecule has 0 radical (unpaired) electrons. The summed E-state index contributed by atoms with van der Waals surface area (Å²) in [5, 5.41) is 13.8. The van der Waals surface area contributed by atoms with Crippen molar-refractivity contribution >= 4 is 48.3 Å². The van der Waals surface area contributed by atoms with Crippen molar-refractivity contribution in [2.24, 2.45) is 5.92 Å². The molecule has 10 nitrogen and oxygen atoms in total. The number of aromatic amines is 1. The number of hydrogen-bond donors (Lipinski definition) is 4. The van der Waals surface area contributed by atoms with Gasteiger partial charge in [-0.1, -0.05) is 55.5 Å². The van der Waals surface area contributed by atoms with Crippen LogP contribution in [0, 0.1) is 5.92 Å². The molecule has 4 heterocycles. The molecular formula is C38H44N4O6Si. The Morgan fingerprint density at radius 2 is 1.80 bits per heavy atom. The second kappa shape index (κ2) is 12.9. The van der Waals surface area contributed by atoms with Gasteiger partial charge in [-0.25, -0.2) is 0 Å². The Balaban J connectivity index is 1.10. The Labute approximate surface area is 287 Å². The van der Waals surface area contributed by atoms with E-state index in [-0.39, 0.29) is 61.2 Å². The molecule has 0 aliphatic carbocycles. The summed E-state index contributed by atoms with van der Waals surface area (Å²) in [7, 11) is -2.93. The van der Waals surface area contributed by atoms with Gasteiger partial charge in [-0.05, 0) is 61.3 Å². The zero-order valence-electron chi connectivity index (χ0n) is 28.2. The quantitative estimate of drug-likeness (QED) is 0.183. The van der Waals surface area contributed by atoms with Crippen LogP contribution in [-0.2, 0) is 37.7 Å². The number of nitrogens with one attached hydrogen (secondary N) is 2. The van der Waals surface area contributed by atoms with Crippen LogP contribution in [0.3, 0.4) is 0 Å². The zero-order chi connectivity index (χ0) is 34.5. The fourth-order valence-corrected chi connectivity index (χ4v) is 11.1. The minimum atomic E-state index is -2.93. The monoisotopic (exact) mass is 680 g/mol. The summed E-state index contributed by atoms with van der Waals surface area (Å²) in [6, 6.07) is 22.8. The minimum Gasteiger partial charge on any atom is -0.432 e. The number of H-pyrrole nitrogens is 1. The molecule has 1 aromatic heterocycles. The van der Waals surface area contributed by atoms with E-state index in [4.69, 9.17) is 4.74 Å². The second-order valence-corrected chi connectivity index (χ2v) is 18.3. The van der Waals surface area contributed by atoms with Gasteiger partial charge in [0.1, 0.15) is 0 Å². The fraction of sp³-hybridized carbons (Fsp3) is 0.395. The SMILES string of the molecule is C[C@H]1[C@H]([Si](C)(C)O)[C@@H](CC(=O)N2CCC[C@H]2CO)O[C@]12C(=O)N(Cc1ccc(NC(=O)Cc3c[nH]c4ccccc34)cc1)c1ccccc12. The molecule has 3 amide bonds. The number of rotatable bonds is 9. The number of anilines is 2. The predicted octanol–water partition coefficient (Wildman–Crippen LogP) is 5.07. The number of nitrogens with zero attached hydrogens (tertiary/aromatic N) is 2. The van der Waals surface area contributed by atoms with E-state index in [2.05, 4.69) is 10.3 Å². The Morgan fingerprint density at radius 3 is 2.55 bits per heavy atom. The number of aromatic nitrogens is 1. The zero-order valence-corrected chi connectivity index (χ0v) is 29.2. The molecule has 4 N–H and O–H groups in total. The molecule has 256 valence electrons. The van der Waals surface area contributed by atoms with Gasteiger partial charge in [-0.15, -0.1) is 0 Å². The van der Waals surface area contributed by atoms with E-state index in [0.29, 0.717) is 12.2 Å². The fourth-order valence-electron chi connectivity index (χ4n) is 8.56. The standard InChI is InChI=1S/C38H44N4O6Si/c1-24-36(49(2,3)47)33(20-35(45)41-18-8-9-28(41)23-43)48-38(24)30-11-5-7-13-32(30)42(37(38)46)22-25-14-16-27(17-15-25)40-34(44)19-26-21-39-31-12-6-4-10-29(26)31/h4-7,10-17,21,24,28,33,36,39,43,47H,8-9,18-20,22-23H2,1-3H3,(H,40,44)/t24-,28-,33+,36-,38+/m0/s1. The lowest BCUT2D eigenvalue weighted by Gasteiger charge is -2.32. The first-order valence-corrected chi connectivity index (χ1v) is 20.2. The van der Waals surface area contributed by atoms with Crippen LogP contribution in [0.5, 0.6) is 0 Å². The topological polar surface area (TPSA) is 135 Å². The van der Waals surface area contributed by atoms with Crippen molar-refractivity contribution in [3.05, 3.63) is 95.7 Å². The van der Waals surface area contributed by atoms with Crippen molar-refractivity contribution < 1.29 is 29.0 Å². The van der Waals surface area contributed by atoms with Crippen LogP contribution >= 0.6 is 0 Å². The van der Waals surface area contributed by atoms with Crippen LogP contribution in [0.25, 0.3) is 10.9 Å². The molecule has 3 aromatic carbocycles. The van der Waals surface area contributed by atoms with Gasteiger partial charge in [0.25, 0.3) is 5.91 Å². The molecule has 5 atom stereocenters. The van der Waals surface area contributed by atoms with Crippen LogP contribution in [0.2, 0.25) is 18.6 Å². The molecule has 3 aliphatic rings. The Hall–Kier alpha value is -4.29. The first-order chi connectivity index (χ1) is 23.5. The molecule has 0 unspecified atom stereocenters. The number of amides is 3. The Bertz CT molecular complexity index is 1890. The van der Waals surface area contributed by atoms with Crippen molar-refractivity contribution in [3.63, 3.8) is 0 Å². The lowest BCUT2D eigenvalue weighted by molar-refractivity contribution is -0.150. The Kier molecular flexibility index (Phi) is 8.72. The molecule has 4 aromatic rings. The van der Waals surface area contributed by atoms with Crippen molar-refractivity contribution in [1.29, 1.82) is 0 Å². The van der Waals surface area contributed by atoms with E-state index < -0.39 is 20.0 Å². The first-order valence-electron chi connectivity index (χ1n) is 17.2. The molecule has 7 rings (SSSR count). The molecule has 2 fully saturated rings. The number of likely N-dealkylation sites (tertiary alicyclic amines) is 1. The van der Waals surface area contributed by atoms with Crippen LogP contribution in [-0.4, -0.2) is 71.1 Å². The summed E-state index contributed by atoms with van der Waals surface area (Å²) in [4.78, 5) is 59.4. The third-order valence-corrected chi connectivity index (χ3v) is 13.3. The highest BCUT2D eigenvalue weighted by Gasteiger charge is 2.66. The number of ether oxygens (including phenoxy) is 1. The lowest BCUT2D eigenvalue weighted by atomic mass is 9.82. The summed E-state index contributed by atoms with van der Waals surface area (Å²) in [5.41, 5.74) is 3.27. The number of carbonyl (C=O) groups excluding carboxylic acids is 3. The minimum absolute atomic E-state index is 0.0488. The first kappa shape index (κ1) is 33.2. The number of aliphatic hydroxyl groups excluding tert-OH is 1. The maximum absolute atomic E-state index is 14.7. The highest BCUT2D eigenvalue weighted by Crippen LogP contribution is 2.59. The molecular weight excluding hydrogens is 637 g/mol. The molecule has 49 heavy (non-hydrogen) atoms. The molecule has 1 spiro atoms. The van der Waals surface area contributed by atoms with Gasteiger partial charge in [-0.2, -0.15) is 0 Å². The number of para-hydroxylation sites is 2. The highest BCUT2D eigenvalue weighted by molar-refractivity contribution is 6.71. The normalized spacial score (nSPS) is 25.0. The van der Waals surface area contributed by atoms with E-state index in [1.807, 2.05) is 99.0 Å². The van der Waals surface area contributed by atoms with E-state index in [1.54, 1.807) is 9.80 Å². The molecule has 0 saturated carbocycles. The van der Waals surface area contributed by atoms with E-state index in [1.165, 1.54) is 0 Å². The largest absolute Gasteiger partial charge is 0.432 e. The average molecular weight is 681 g/mol. The second-order valence-electron chi connectivity index (χ2n) is 14.3.